The third-order valence-corrected chi connectivity index (χ3v) is 5.88. The van der Waals surface area contributed by atoms with E-state index in [0.29, 0.717) is 16.6 Å². The molecule has 0 saturated carbocycles. The van der Waals surface area contributed by atoms with Crippen molar-refractivity contribution >= 4 is 16.9 Å². The van der Waals surface area contributed by atoms with E-state index < -0.39 is 11.1 Å². The van der Waals surface area contributed by atoms with Gasteiger partial charge in [0, 0.05) is 25.2 Å². The number of hydrogen-bond donors (Lipinski definition) is 0. The number of nitrogens with zero attached hydrogens (tertiary/aromatic N) is 3. The fourth-order valence-electron chi connectivity index (χ4n) is 4.23. The lowest BCUT2D eigenvalue weighted by Crippen LogP contribution is -2.41. The number of hydrogen-bond acceptors (Lipinski definition) is 3. The van der Waals surface area contributed by atoms with Crippen LogP contribution in [-0.4, -0.2) is 33.0 Å². The molecule has 1 aliphatic rings. The predicted octanol–water partition coefficient (Wildman–Crippen LogP) is 3.41. The van der Waals surface area contributed by atoms with Crippen molar-refractivity contribution in [2.75, 3.05) is 13.1 Å². The molecule has 3 aromatic rings. The van der Waals surface area contributed by atoms with E-state index in [2.05, 4.69) is 6.58 Å². The Morgan fingerprint density at radius 3 is 2.03 bits per heavy atom. The van der Waals surface area contributed by atoms with Gasteiger partial charge in [0.25, 0.3) is 5.91 Å². The van der Waals surface area contributed by atoms with Crippen molar-refractivity contribution in [3.05, 3.63) is 93.0 Å². The Bertz CT molecular complexity index is 1210. The normalized spacial score (nSPS) is 14.4. The van der Waals surface area contributed by atoms with Crippen LogP contribution in [0.2, 0.25) is 0 Å². The molecular weight excluding hydrogens is 390 g/mol. The molecule has 0 atom stereocenters. The number of aromatic nitrogens is 2. The zero-order valence-electron chi connectivity index (χ0n) is 17.6. The van der Waals surface area contributed by atoms with Crippen LogP contribution in [-0.2, 0) is 13.1 Å². The third-order valence-electron chi connectivity index (χ3n) is 5.88. The minimum Gasteiger partial charge on any atom is -0.339 e. The molecule has 1 aromatic heterocycles. The lowest BCUT2D eigenvalue weighted by atomic mass is 10.1. The second kappa shape index (κ2) is 9.16. The summed E-state index contributed by atoms with van der Waals surface area (Å²) in [4.78, 5) is 40.2. The molecular formula is C25H27N3O3. The molecule has 31 heavy (non-hydrogen) atoms. The summed E-state index contributed by atoms with van der Waals surface area (Å²) in [7, 11) is 0. The van der Waals surface area contributed by atoms with Crippen molar-refractivity contribution in [2.45, 2.75) is 38.8 Å². The molecule has 1 amide bonds. The number of allylic oxidation sites excluding steroid dienone is 1. The first-order valence-corrected chi connectivity index (χ1v) is 10.8. The van der Waals surface area contributed by atoms with Gasteiger partial charge in [-0.05, 0) is 42.7 Å². The number of carbonyl (C=O) groups excluding carboxylic acids is 1. The molecule has 0 unspecified atom stereocenters. The lowest BCUT2D eigenvalue weighted by Gasteiger charge is -2.20. The first-order valence-electron chi connectivity index (χ1n) is 10.8. The van der Waals surface area contributed by atoms with Gasteiger partial charge in [-0.15, -0.1) is 6.58 Å². The van der Waals surface area contributed by atoms with E-state index in [1.807, 2.05) is 53.4 Å². The average Bonchev–Trinajstić information content (AvgIpc) is 3.09. The van der Waals surface area contributed by atoms with Crippen LogP contribution in [0.15, 0.2) is 70.8 Å². The number of likely N-dealkylation sites (tertiary alicyclic amines) is 1. The summed E-state index contributed by atoms with van der Waals surface area (Å²) < 4.78 is 2.95. The monoisotopic (exact) mass is 417 g/mol. The molecule has 0 aliphatic carbocycles. The van der Waals surface area contributed by atoms with Crippen LogP contribution >= 0.6 is 0 Å². The maximum Gasteiger partial charge on any atom is 0.317 e. The maximum absolute atomic E-state index is 12.8. The minimum absolute atomic E-state index is 0.0584. The van der Waals surface area contributed by atoms with E-state index in [0.717, 1.165) is 31.5 Å². The highest BCUT2D eigenvalue weighted by Crippen LogP contribution is 2.16. The summed E-state index contributed by atoms with van der Waals surface area (Å²) in [6, 6.07) is 14.7. The van der Waals surface area contributed by atoms with Gasteiger partial charge in [0.15, 0.2) is 0 Å². The SMILES string of the molecule is C=CCn1c(=O)c(=O)n(Cc2ccc(C(=O)N3CCCCCC3)cc2)c2ccccc21. The van der Waals surface area contributed by atoms with Gasteiger partial charge in [-0.3, -0.25) is 23.5 Å². The lowest BCUT2D eigenvalue weighted by molar-refractivity contribution is 0.0761. The van der Waals surface area contributed by atoms with Crippen LogP contribution < -0.4 is 11.1 Å². The first kappa shape index (κ1) is 20.8. The van der Waals surface area contributed by atoms with Crippen molar-refractivity contribution in [3.63, 3.8) is 0 Å². The van der Waals surface area contributed by atoms with Gasteiger partial charge in [0.2, 0.25) is 0 Å². The standard InChI is InChI=1S/C25H27N3O3/c1-2-15-27-21-9-5-6-10-22(21)28(25(31)24(27)30)18-19-11-13-20(14-12-19)23(29)26-16-7-3-4-8-17-26/h2,5-6,9-14H,1,3-4,7-8,15-18H2. The Kier molecular flexibility index (Phi) is 6.16. The molecule has 1 aliphatic heterocycles. The maximum atomic E-state index is 12.8. The smallest absolute Gasteiger partial charge is 0.317 e. The van der Waals surface area contributed by atoms with Crippen LogP contribution in [0, 0.1) is 0 Å². The van der Waals surface area contributed by atoms with E-state index in [4.69, 9.17) is 0 Å². The third kappa shape index (κ3) is 4.24. The Balaban J connectivity index is 1.64. The van der Waals surface area contributed by atoms with Gasteiger partial charge in [-0.2, -0.15) is 0 Å². The fraction of sp³-hybridized carbons (Fsp3) is 0.320. The van der Waals surface area contributed by atoms with Crippen molar-refractivity contribution in [1.29, 1.82) is 0 Å². The second-order valence-electron chi connectivity index (χ2n) is 7.99. The minimum atomic E-state index is -0.565. The summed E-state index contributed by atoms with van der Waals surface area (Å²) in [5.41, 5.74) is 1.78. The quantitative estimate of drug-likeness (QED) is 0.472. The Labute approximate surface area is 181 Å². The molecule has 4 rings (SSSR count). The summed E-state index contributed by atoms with van der Waals surface area (Å²) >= 11 is 0. The van der Waals surface area contributed by atoms with E-state index in [1.54, 1.807) is 6.08 Å². The van der Waals surface area contributed by atoms with Gasteiger partial charge in [0.05, 0.1) is 17.6 Å². The Morgan fingerprint density at radius 1 is 0.839 bits per heavy atom. The molecule has 6 nitrogen and oxygen atoms in total. The van der Waals surface area contributed by atoms with E-state index in [9.17, 15) is 14.4 Å². The molecule has 1 saturated heterocycles. The summed E-state index contributed by atoms with van der Waals surface area (Å²) in [5.74, 6) is 0.0584. The molecule has 160 valence electrons. The van der Waals surface area contributed by atoms with Crippen molar-refractivity contribution in [1.82, 2.24) is 14.0 Å². The molecule has 0 bridgehead atoms. The number of amides is 1. The largest absolute Gasteiger partial charge is 0.339 e. The second-order valence-corrected chi connectivity index (χ2v) is 7.99. The van der Waals surface area contributed by atoms with Gasteiger partial charge >= 0.3 is 11.1 Å². The highest BCUT2D eigenvalue weighted by atomic mass is 16.2. The summed E-state index contributed by atoms with van der Waals surface area (Å²) in [6.45, 7) is 5.85. The van der Waals surface area contributed by atoms with Crippen molar-refractivity contribution in [3.8, 4) is 0 Å². The van der Waals surface area contributed by atoms with E-state index in [1.165, 1.54) is 22.0 Å². The van der Waals surface area contributed by atoms with E-state index >= 15 is 0 Å². The number of para-hydroxylation sites is 2. The first-order chi connectivity index (χ1) is 15.1. The highest BCUT2D eigenvalue weighted by molar-refractivity contribution is 5.94. The predicted molar refractivity (Wildman–Crippen MR) is 123 cm³/mol. The zero-order chi connectivity index (χ0) is 21.8. The summed E-state index contributed by atoms with van der Waals surface area (Å²) in [6.07, 6.45) is 6.07. The van der Waals surface area contributed by atoms with Gasteiger partial charge in [0.1, 0.15) is 0 Å². The van der Waals surface area contributed by atoms with Gasteiger partial charge in [-0.25, -0.2) is 0 Å². The molecule has 2 aromatic carbocycles. The molecule has 0 spiro atoms. The molecule has 6 heteroatoms. The van der Waals surface area contributed by atoms with Crippen LogP contribution in [0.1, 0.15) is 41.6 Å². The molecule has 0 N–H and O–H groups in total. The van der Waals surface area contributed by atoms with Crippen LogP contribution in [0.4, 0.5) is 0 Å². The summed E-state index contributed by atoms with van der Waals surface area (Å²) in [5, 5.41) is 0. The number of benzene rings is 2. The molecule has 1 fully saturated rings. The van der Waals surface area contributed by atoms with Crippen LogP contribution in [0.3, 0.4) is 0 Å². The fourth-order valence-corrected chi connectivity index (χ4v) is 4.23. The van der Waals surface area contributed by atoms with Crippen molar-refractivity contribution in [2.24, 2.45) is 0 Å². The van der Waals surface area contributed by atoms with Gasteiger partial charge in [-0.1, -0.05) is 43.2 Å². The van der Waals surface area contributed by atoms with Gasteiger partial charge < -0.3 is 4.90 Å². The highest BCUT2D eigenvalue weighted by Gasteiger charge is 2.17. The number of carbonyl (C=O) groups is 1. The molecule has 2 heterocycles. The topological polar surface area (TPSA) is 64.3 Å². The number of fused-ring (bicyclic) bond motifs is 1. The average molecular weight is 418 g/mol. The van der Waals surface area contributed by atoms with Crippen LogP contribution in [0.25, 0.3) is 11.0 Å². The number of rotatable bonds is 5. The molecule has 0 radical (unpaired) electrons. The van der Waals surface area contributed by atoms with Crippen molar-refractivity contribution < 1.29 is 4.79 Å². The Hall–Kier alpha value is -3.41. The van der Waals surface area contributed by atoms with E-state index in [-0.39, 0.29) is 19.0 Å². The zero-order valence-corrected chi connectivity index (χ0v) is 17.6. The Morgan fingerprint density at radius 2 is 1.42 bits per heavy atom. The van der Waals surface area contributed by atoms with Crippen LogP contribution in [0.5, 0.6) is 0 Å².